The van der Waals surface area contributed by atoms with E-state index in [0.29, 0.717) is 31.4 Å². The molecule has 1 aromatic carbocycles. The first-order valence-corrected chi connectivity index (χ1v) is 9.34. The van der Waals surface area contributed by atoms with Gasteiger partial charge in [0.15, 0.2) is 5.69 Å². The molecule has 8 nitrogen and oxygen atoms in total. The maximum atomic E-state index is 12.7. The molecule has 0 bridgehead atoms. The van der Waals surface area contributed by atoms with Gasteiger partial charge in [0.1, 0.15) is 0 Å². The van der Waals surface area contributed by atoms with Gasteiger partial charge in [-0.1, -0.05) is 23.4 Å². The summed E-state index contributed by atoms with van der Waals surface area (Å²) < 4.78 is 1.63. The zero-order valence-corrected chi connectivity index (χ0v) is 15.5. The van der Waals surface area contributed by atoms with Crippen molar-refractivity contribution >= 4 is 22.8 Å². The summed E-state index contributed by atoms with van der Waals surface area (Å²) in [6.07, 6.45) is 4.19. The first kappa shape index (κ1) is 18.1. The van der Waals surface area contributed by atoms with Gasteiger partial charge >= 0.3 is 5.97 Å². The molecular weight excluding hydrogens is 358 g/mol. The number of carbonyl (C=O) groups excluding carboxylic acids is 1. The third kappa shape index (κ3) is 3.33. The Hall–Kier alpha value is -3.29. The maximum absolute atomic E-state index is 12.7. The molecule has 3 aromatic rings. The fraction of sp³-hybridized carbons (Fsp3) is 0.350. The van der Waals surface area contributed by atoms with Crippen LogP contribution in [0.5, 0.6) is 0 Å². The van der Waals surface area contributed by atoms with Crippen LogP contribution in [0.4, 0.5) is 0 Å². The first-order chi connectivity index (χ1) is 13.5. The highest BCUT2D eigenvalue weighted by Crippen LogP contribution is 2.25. The van der Waals surface area contributed by atoms with E-state index < -0.39 is 5.97 Å². The number of hydrogen-bond donors (Lipinski definition) is 2. The van der Waals surface area contributed by atoms with Gasteiger partial charge in [0.2, 0.25) is 0 Å². The molecule has 1 fully saturated rings. The van der Waals surface area contributed by atoms with Gasteiger partial charge in [-0.3, -0.25) is 14.6 Å². The normalized spacial score (nSPS) is 19.5. The minimum absolute atomic E-state index is 0.0353. The molecule has 4 rings (SSSR count). The summed E-state index contributed by atoms with van der Waals surface area (Å²) >= 11 is 0. The minimum Gasteiger partial charge on any atom is -0.481 e. The van der Waals surface area contributed by atoms with E-state index in [1.54, 1.807) is 17.8 Å². The van der Waals surface area contributed by atoms with Crippen molar-refractivity contribution in [2.45, 2.75) is 38.6 Å². The van der Waals surface area contributed by atoms with Gasteiger partial charge in [0.05, 0.1) is 22.8 Å². The average Bonchev–Trinajstić information content (AvgIpc) is 3.09. The third-order valence-corrected chi connectivity index (χ3v) is 5.36. The number of aromatic nitrogens is 4. The Bertz CT molecular complexity index is 1030. The second-order valence-electron chi connectivity index (χ2n) is 7.15. The van der Waals surface area contributed by atoms with Gasteiger partial charge < -0.3 is 10.4 Å². The standard InChI is InChI=1S/C20H21N5O3/c1-12-17(19(26)22-15-9-7-14(8-10-15)20(27)28)23-24-25(12)16-6-2-4-13-5-3-11-21-18(13)16/h2-6,11,14-15H,7-10H2,1H3,(H,22,26)(H,27,28). The molecular formula is C20H21N5O3. The predicted octanol–water partition coefficient (Wildman–Crippen LogP) is 2.50. The van der Waals surface area contributed by atoms with Crippen molar-refractivity contribution in [2.75, 3.05) is 0 Å². The Kier molecular flexibility index (Phi) is 4.77. The molecule has 2 aromatic heterocycles. The molecule has 0 atom stereocenters. The molecule has 2 N–H and O–H groups in total. The molecule has 0 saturated heterocycles. The number of benzene rings is 1. The van der Waals surface area contributed by atoms with Crippen LogP contribution in [-0.4, -0.2) is 43.0 Å². The molecule has 1 aliphatic carbocycles. The Morgan fingerprint density at radius 1 is 1.14 bits per heavy atom. The van der Waals surface area contributed by atoms with Crippen LogP contribution in [0.3, 0.4) is 0 Å². The second-order valence-corrected chi connectivity index (χ2v) is 7.15. The first-order valence-electron chi connectivity index (χ1n) is 9.34. The van der Waals surface area contributed by atoms with E-state index in [2.05, 4.69) is 20.6 Å². The number of rotatable bonds is 4. The number of pyridine rings is 1. The fourth-order valence-corrected chi connectivity index (χ4v) is 3.77. The smallest absolute Gasteiger partial charge is 0.306 e. The van der Waals surface area contributed by atoms with E-state index in [0.717, 1.165) is 16.6 Å². The molecule has 0 spiro atoms. The third-order valence-electron chi connectivity index (χ3n) is 5.36. The highest BCUT2D eigenvalue weighted by Gasteiger charge is 2.28. The number of aliphatic carboxylic acids is 1. The van der Waals surface area contributed by atoms with E-state index in [9.17, 15) is 9.59 Å². The van der Waals surface area contributed by atoms with Gasteiger partial charge in [-0.15, -0.1) is 5.10 Å². The van der Waals surface area contributed by atoms with Gasteiger partial charge in [0.25, 0.3) is 5.91 Å². The van der Waals surface area contributed by atoms with Crippen LogP contribution in [0.1, 0.15) is 41.9 Å². The molecule has 28 heavy (non-hydrogen) atoms. The van der Waals surface area contributed by atoms with Crippen LogP contribution in [-0.2, 0) is 4.79 Å². The van der Waals surface area contributed by atoms with Crippen molar-refractivity contribution in [3.8, 4) is 5.69 Å². The Balaban J connectivity index is 1.54. The van der Waals surface area contributed by atoms with Crippen molar-refractivity contribution in [3.05, 3.63) is 47.9 Å². The molecule has 1 aliphatic rings. The summed E-state index contributed by atoms with van der Waals surface area (Å²) in [4.78, 5) is 28.2. The van der Waals surface area contributed by atoms with Crippen molar-refractivity contribution in [3.63, 3.8) is 0 Å². The van der Waals surface area contributed by atoms with Crippen LogP contribution in [0.25, 0.3) is 16.6 Å². The summed E-state index contributed by atoms with van der Waals surface area (Å²) in [5.74, 6) is -1.35. The number of amides is 1. The number of hydrogen-bond acceptors (Lipinski definition) is 5. The van der Waals surface area contributed by atoms with E-state index in [1.807, 2.05) is 30.3 Å². The monoisotopic (exact) mass is 379 g/mol. The lowest BCUT2D eigenvalue weighted by atomic mass is 9.86. The fourth-order valence-electron chi connectivity index (χ4n) is 3.77. The van der Waals surface area contributed by atoms with Crippen molar-refractivity contribution in [2.24, 2.45) is 5.92 Å². The van der Waals surface area contributed by atoms with Crippen LogP contribution in [0.15, 0.2) is 36.5 Å². The lowest BCUT2D eigenvalue weighted by Crippen LogP contribution is -2.39. The lowest BCUT2D eigenvalue weighted by Gasteiger charge is -2.26. The van der Waals surface area contributed by atoms with E-state index in [-0.39, 0.29) is 23.6 Å². The van der Waals surface area contributed by atoms with Crippen molar-refractivity contribution < 1.29 is 14.7 Å². The molecule has 1 saturated carbocycles. The van der Waals surface area contributed by atoms with Gasteiger partial charge in [-0.25, -0.2) is 4.68 Å². The SMILES string of the molecule is Cc1c(C(=O)NC2CCC(C(=O)O)CC2)nnn1-c1cccc2cccnc12. The number of para-hydroxylation sites is 1. The van der Waals surface area contributed by atoms with Crippen LogP contribution in [0, 0.1) is 12.8 Å². The van der Waals surface area contributed by atoms with Gasteiger partial charge in [-0.05, 0) is 44.7 Å². The Labute approximate surface area is 161 Å². The quantitative estimate of drug-likeness (QED) is 0.721. The van der Waals surface area contributed by atoms with Crippen LogP contribution in [0.2, 0.25) is 0 Å². The van der Waals surface area contributed by atoms with Gasteiger partial charge in [0, 0.05) is 17.6 Å². The second kappa shape index (κ2) is 7.38. The number of carbonyl (C=O) groups is 2. The summed E-state index contributed by atoms with van der Waals surface area (Å²) in [7, 11) is 0. The molecule has 2 heterocycles. The summed E-state index contributed by atoms with van der Waals surface area (Å²) in [6.45, 7) is 1.80. The summed E-state index contributed by atoms with van der Waals surface area (Å²) in [6, 6.07) is 9.59. The lowest BCUT2D eigenvalue weighted by molar-refractivity contribution is -0.142. The average molecular weight is 379 g/mol. The van der Waals surface area contributed by atoms with E-state index >= 15 is 0 Å². The highest BCUT2D eigenvalue weighted by molar-refractivity contribution is 5.94. The van der Waals surface area contributed by atoms with Crippen LogP contribution >= 0.6 is 0 Å². The molecule has 144 valence electrons. The topological polar surface area (TPSA) is 110 Å². The van der Waals surface area contributed by atoms with Crippen LogP contribution < -0.4 is 5.32 Å². The minimum atomic E-state index is -0.757. The zero-order chi connectivity index (χ0) is 19.7. The Morgan fingerprint density at radius 2 is 1.89 bits per heavy atom. The Morgan fingerprint density at radius 3 is 2.64 bits per heavy atom. The molecule has 1 amide bonds. The van der Waals surface area contributed by atoms with Crippen molar-refractivity contribution in [1.29, 1.82) is 0 Å². The maximum Gasteiger partial charge on any atom is 0.306 e. The van der Waals surface area contributed by atoms with E-state index in [4.69, 9.17) is 5.11 Å². The largest absolute Gasteiger partial charge is 0.481 e. The number of nitrogens with one attached hydrogen (secondary N) is 1. The van der Waals surface area contributed by atoms with Crippen molar-refractivity contribution in [1.82, 2.24) is 25.3 Å². The zero-order valence-electron chi connectivity index (χ0n) is 15.5. The molecule has 0 unspecified atom stereocenters. The molecule has 0 radical (unpaired) electrons. The number of fused-ring (bicyclic) bond motifs is 1. The van der Waals surface area contributed by atoms with Gasteiger partial charge in [-0.2, -0.15) is 0 Å². The highest BCUT2D eigenvalue weighted by atomic mass is 16.4. The summed E-state index contributed by atoms with van der Waals surface area (Å²) in [5.41, 5.74) is 2.46. The van der Waals surface area contributed by atoms with E-state index in [1.165, 1.54) is 0 Å². The number of carboxylic acid groups (broad SMARTS) is 1. The molecule has 8 heteroatoms. The molecule has 0 aliphatic heterocycles. The predicted molar refractivity (Wildman–Crippen MR) is 102 cm³/mol. The number of carboxylic acids is 1. The summed E-state index contributed by atoms with van der Waals surface area (Å²) in [5, 5.41) is 21.3. The number of nitrogens with zero attached hydrogens (tertiary/aromatic N) is 4.